The van der Waals surface area contributed by atoms with Gasteiger partial charge >= 0.3 is 6.80 Å². The van der Waals surface area contributed by atoms with Crippen LogP contribution < -0.4 is 9.80 Å². The van der Waals surface area contributed by atoms with E-state index in [9.17, 15) is 14.2 Å². The van der Waals surface area contributed by atoms with Gasteiger partial charge in [-0.15, -0.1) is 13.2 Å². The molecule has 2 amide bonds. The highest BCUT2D eigenvalue weighted by Crippen LogP contribution is 2.59. The Morgan fingerprint density at radius 3 is 1.64 bits per heavy atom. The van der Waals surface area contributed by atoms with Crippen LogP contribution in [-0.2, 0) is 43.9 Å². The molecule has 3 fully saturated rings. The summed E-state index contributed by atoms with van der Waals surface area (Å²) in [7, 11) is 0. The van der Waals surface area contributed by atoms with Gasteiger partial charge in [0, 0.05) is 30.9 Å². The number of hydrogen-bond donors (Lipinski definition) is 1. The molecule has 9 rings (SSSR count). The molecule has 7 heterocycles. The number of carbonyl (C=O) groups is 2. The molecule has 0 radical (unpaired) electrons. The predicted molar refractivity (Wildman–Crippen MR) is 243 cm³/mol. The summed E-state index contributed by atoms with van der Waals surface area (Å²) in [5.41, 5.74) is 1.31. The maximum absolute atomic E-state index is 16.9. The molecule has 0 N–H and O–H groups in total. The number of fused-ring (bicyclic) bond motifs is 4. The van der Waals surface area contributed by atoms with E-state index in [4.69, 9.17) is 39.4 Å². The van der Waals surface area contributed by atoms with Gasteiger partial charge in [0.1, 0.15) is 37.1 Å². The number of nitrogens with zero attached hydrogens (tertiary/aromatic N) is 10. The molecular formula is C41H40F2N10O9P2S2. The number of imidazole rings is 2. The van der Waals surface area contributed by atoms with E-state index in [1.165, 1.54) is 63.1 Å². The topological polar surface area (TPSA) is 200 Å². The van der Waals surface area contributed by atoms with E-state index in [0.717, 1.165) is 0 Å². The minimum Gasteiger partial charge on any atom is -0.346 e. The normalized spacial score (nSPS) is 29.0. The van der Waals surface area contributed by atoms with Crippen molar-refractivity contribution in [2.24, 2.45) is 0 Å². The van der Waals surface area contributed by atoms with Crippen LogP contribution in [0.3, 0.4) is 0 Å². The minimum absolute atomic E-state index is 0.0662. The zero-order valence-corrected chi connectivity index (χ0v) is 38.3. The fourth-order valence-electron chi connectivity index (χ4n) is 7.88. The molecule has 0 spiro atoms. The molecule has 4 aromatic heterocycles. The maximum atomic E-state index is 16.9. The molecule has 6 aromatic rings. The van der Waals surface area contributed by atoms with Crippen LogP contribution in [0.2, 0.25) is 0 Å². The first-order valence-electron chi connectivity index (χ1n) is 20.2. The van der Waals surface area contributed by atoms with Crippen LogP contribution in [0, 0.1) is 0 Å². The van der Waals surface area contributed by atoms with Gasteiger partial charge < -0.3 is 18.5 Å². The van der Waals surface area contributed by atoms with Crippen LogP contribution in [0.15, 0.2) is 111 Å². The van der Waals surface area contributed by atoms with Gasteiger partial charge in [-0.05, 0) is 36.1 Å². The van der Waals surface area contributed by atoms with Crippen LogP contribution in [0.25, 0.3) is 22.3 Å². The van der Waals surface area contributed by atoms with Crippen LogP contribution in [0.4, 0.5) is 20.4 Å². The molecule has 25 heteroatoms. The Kier molecular flexibility index (Phi) is 13.1. The first kappa shape index (κ1) is 45.9. The molecule has 10 atom stereocenters. The first-order chi connectivity index (χ1) is 31.8. The Morgan fingerprint density at radius 2 is 1.18 bits per heavy atom. The molecule has 3 aliphatic heterocycles. The van der Waals surface area contributed by atoms with Crippen molar-refractivity contribution >= 4 is 83.1 Å². The van der Waals surface area contributed by atoms with Gasteiger partial charge in [-0.1, -0.05) is 60.8 Å². The third-order valence-corrected chi connectivity index (χ3v) is 14.3. The Balaban J connectivity index is 0.962. The lowest BCUT2D eigenvalue weighted by Crippen LogP contribution is -2.37. The van der Waals surface area contributed by atoms with Gasteiger partial charge in [-0.2, -0.15) is 0 Å². The van der Waals surface area contributed by atoms with Gasteiger partial charge in [-0.3, -0.25) is 37.6 Å². The fourth-order valence-corrected chi connectivity index (χ4v) is 11.0. The lowest BCUT2D eigenvalue weighted by Gasteiger charge is -2.30. The van der Waals surface area contributed by atoms with Gasteiger partial charge in [0.05, 0.1) is 25.9 Å². The van der Waals surface area contributed by atoms with Crippen molar-refractivity contribution < 1.29 is 50.5 Å². The molecule has 2 aromatic carbocycles. The summed E-state index contributed by atoms with van der Waals surface area (Å²) in [6.07, 6.45) is -4.62. The molecular weight excluding hydrogens is 941 g/mol. The number of alkyl halides is 2. The van der Waals surface area contributed by atoms with Crippen molar-refractivity contribution in [1.82, 2.24) is 39.0 Å². The summed E-state index contributed by atoms with van der Waals surface area (Å²) in [4.78, 5) is 56.2. The van der Waals surface area contributed by atoms with Crippen molar-refractivity contribution in [2.45, 2.75) is 49.2 Å². The standard InChI is InChI=1S/C41H40F2N10O9P2S2/c1-4-16-50(38(54)24-12-8-6-9-13-24)34-30-36(46-20-44-34)52(22-48-30)40-28(42)32-27(60-40)19-58-64(56,66)62-33-26(18-57-63(3,65)61-32)59-41(29(33)43)53-23-49-31-35(45-21-47-37(31)53)51(17-5-2)39(55)25-14-10-7-11-15-25/h4-15,20-23,26-29,32-33,40-41H,1-2,16-19H2,3H3,(H,56,66)/t26-,27-,28-,29-,32-,33-,40?,41?,63?,64?/m1/s1. The van der Waals surface area contributed by atoms with Gasteiger partial charge in [0.15, 0.2) is 65.3 Å². The fraction of sp³-hybridized carbons (Fsp3) is 0.317. The number of rotatable bonds is 10. The second-order valence-electron chi connectivity index (χ2n) is 15.2. The van der Waals surface area contributed by atoms with E-state index < -0.39 is 75.7 Å². The molecule has 19 nitrogen and oxygen atoms in total. The number of amides is 2. The summed E-state index contributed by atoms with van der Waals surface area (Å²) >= 11 is 9.93. The number of anilines is 2. The van der Waals surface area contributed by atoms with Gasteiger partial charge in [0.2, 0.25) is 0 Å². The largest absolute Gasteiger partial charge is 0.386 e. The Hall–Kier alpha value is -5.19. The van der Waals surface area contributed by atoms with Crippen LogP contribution in [-0.4, -0.2) is 121 Å². The monoisotopic (exact) mass is 980 g/mol. The van der Waals surface area contributed by atoms with E-state index in [0.29, 0.717) is 11.1 Å². The molecule has 3 aliphatic rings. The number of carbonyl (C=O) groups excluding carboxylic acids is 2. The zero-order valence-electron chi connectivity index (χ0n) is 34.8. The predicted octanol–water partition coefficient (Wildman–Crippen LogP) is 6.60. The summed E-state index contributed by atoms with van der Waals surface area (Å²) in [5, 5.41) is 0. The number of halogens is 2. The van der Waals surface area contributed by atoms with Crippen molar-refractivity contribution in [3.63, 3.8) is 0 Å². The van der Waals surface area contributed by atoms with E-state index in [-0.39, 0.29) is 58.9 Å². The van der Waals surface area contributed by atoms with Crippen molar-refractivity contribution in [3.05, 3.63) is 122 Å². The summed E-state index contributed by atoms with van der Waals surface area (Å²) in [6.45, 7) is 0.165. The molecule has 3 saturated heterocycles. The Morgan fingerprint density at radius 1 is 0.742 bits per heavy atom. The molecule has 0 aliphatic carbocycles. The van der Waals surface area contributed by atoms with Crippen molar-refractivity contribution in [3.8, 4) is 0 Å². The number of aromatic nitrogens is 8. The molecule has 66 heavy (non-hydrogen) atoms. The van der Waals surface area contributed by atoms with Crippen LogP contribution in [0.1, 0.15) is 33.2 Å². The van der Waals surface area contributed by atoms with E-state index in [2.05, 4.69) is 55.3 Å². The highest BCUT2D eigenvalue weighted by Gasteiger charge is 2.54. The van der Waals surface area contributed by atoms with E-state index in [1.54, 1.807) is 60.7 Å². The van der Waals surface area contributed by atoms with E-state index in [1.807, 2.05) is 0 Å². The molecule has 0 bridgehead atoms. The second kappa shape index (κ2) is 18.8. The van der Waals surface area contributed by atoms with Crippen molar-refractivity contribution in [1.29, 1.82) is 0 Å². The summed E-state index contributed by atoms with van der Waals surface area (Å²) in [5.74, 6) is -0.491. The van der Waals surface area contributed by atoms with Crippen molar-refractivity contribution in [2.75, 3.05) is 42.8 Å². The summed E-state index contributed by atoms with van der Waals surface area (Å²) in [6, 6.07) is 17.1. The molecule has 344 valence electrons. The smallest absolute Gasteiger partial charge is 0.346 e. The minimum atomic E-state index is -4.49. The quantitative estimate of drug-likeness (QED) is 0.0874. The summed E-state index contributed by atoms with van der Waals surface area (Å²) < 4.78 is 86.2. The van der Waals surface area contributed by atoms with Gasteiger partial charge in [0.25, 0.3) is 11.8 Å². The molecule has 0 saturated carbocycles. The van der Waals surface area contributed by atoms with Gasteiger partial charge in [-0.25, -0.2) is 43.2 Å². The highest BCUT2D eigenvalue weighted by molar-refractivity contribution is 8.44. The lowest BCUT2D eigenvalue weighted by molar-refractivity contribution is -0.0529. The maximum Gasteiger partial charge on any atom is 0.386 e. The third kappa shape index (κ3) is 8.88. The average Bonchev–Trinajstić information content (AvgIpc) is 4.09. The number of thiol groups is 1. The van der Waals surface area contributed by atoms with Crippen LogP contribution >= 0.6 is 25.5 Å². The second-order valence-corrected chi connectivity index (χ2v) is 22.1. The molecule has 4 unspecified atom stereocenters. The zero-order chi connectivity index (χ0) is 46.3. The van der Waals surface area contributed by atoms with Crippen LogP contribution in [0.5, 0.6) is 0 Å². The number of ether oxygens (including phenoxy) is 2. The Bertz CT molecular complexity index is 2710. The lowest BCUT2D eigenvalue weighted by atomic mass is 10.1. The van der Waals surface area contributed by atoms with E-state index >= 15 is 8.78 Å². The highest BCUT2D eigenvalue weighted by atomic mass is 32.7. The Labute approximate surface area is 385 Å². The average molecular weight is 981 g/mol. The SMILES string of the molecule is C=CCN(C(=O)c1ccccc1)c1ncnc2c1ncn2C1O[C@@H]2COP(C)(=S)O[C@@H]3[C@@H](COP(=O)(S)O[C@H]2[C@H]1F)OC(n1cnc2c(N(CC=C)C(=O)c4ccccc4)ncnc21)[C@@H]3F. The number of hydrogen-bond acceptors (Lipinski definition) is 16. The number of benzene rings is 2. The third-order valence-electron chi connectivity index (χ3n) is 10.9. The first-order valence-corrected chi connectivity index (χ1v) is 26.0.